The standard InChI is InChI=1S/C13H18N4O2S/c1-10-4-5-12(20(18,19)14-2)6-13(10)16-8-11-7-15-9-17(11)3/h4-7,9,14,16H,8H2,1-3H3. The smallest absolute Gasteiger partial charge is 0.240 e. The van der Waals surface area contributed by atoms with Crippen molar-refractivity contribution in [3.05, 3.63) is 42.0 Å². The summed E-state index contributed by atoms with van der Waals surface area (Å²) in [7, 11) is -0.109. The van der Waals surface area contributed by atoms with Crippen LogP contribution < -0.4 is 10.0 Å². The van der Waals surface area contributed by atoms with E-state index in [1.54, 1.807) is 30.7 Å². The molecule has 0 aliphatic rings. The van der Waals surface area contributed by atoms with Crippen LogP contribution in [0.5, 0.6) is 0 Å². The first kappa shape index (κ1) is 14.5. The summed E-state index contributed by atoms with van der Waals surface area (Å²) in [6, 6.07) is 5.02. The molecule has 7 heteroatoms. The van der Waals surface area contributed by atoms with Gasteiger partial charge in [-0.15, -0.1) is 0 Å². The molecule has 6 nitrogen and oxygen atoms in total. The van der Waals surface area contributed by atoms with E-state index in [4.69, 9.17) is 0 Å². The van der Waals surface area contributed by atoms with Gasteiger partial charge >= 0.3 is 0 Å². The Morgan fingerprint density at radius 1 is 1.35 bits per heavy atom. The zero-order valence-electron chi connectivity index (χ0n) is 11.7. The molecule has 0 amide bonds. The van der Waals surface area contributed by atoms with E-state index in [9.17, 15) is 8.42 Å². The number of sulfonamides is 1. The van der Waals surface area contributed by atoms with E-state index in [0.29, 0.717) is 6.54 Å². The van der Waals surface area contributed by atoms with Gasteiger partial charge in [0.15, 0.2) is 0 Å². The van der Waals surface area contributed by atoms with Gasteiger partial charge in [0.25, 0.3) is 0 Å². The van der Waals surface area contributed by atoms with Crippen LogP contribution in [0.1, 0.15) is 11.3 Å². The molecule has 0 fully saturated rings. The minimum absolute atomic E-state index is 0.248. The minimum atomic E-state index is -3.43. The van der Waals surface area contributed by atoms with Crippen molar-refractivity contribution in [3.63, 3.8) is 0 Å². The highest BCUT2D eigenvalue weighted by molar-refractivity contribution is 7.89. The molecule has 0 atom stereocenters. The molecule has 0 radical (unpaired) electrons. The molecule has 20 heavy (non-hydrogen) atoms. The van der Waals surface area contributed by atoms with Gasteiger partial charge in [0.1, 0.15) is 0 Å². The molecule has 1 aromatic carbocycles. The number of imidazole rings is 1. The van der Waals surface area contributed by atoms with E-state index >= 15 is 0 Å². The Morgan fingerprint density at radius 2 is 2.10 bits per heavy atom. The Morgan fingerprint density at radius 3 is 2.70 bits per heavy atom. The van der Waals surface area contributed by atoms with Gasteiger partial charge in [-0.05, 0) is 31.7 Å². The molecule has 1 heterocycles. The molecule has 108 valence electrons. The van der Waals surface area contributed by atoms with E-state index in [0.717, 1.165) is 16.9 Å². The summed E-state index contributed by atoms with van der Waals surface area (Å²) >= 11 is 0. The van der Waals surface area contributed by atoms with E-state index in [1.165, 1.54) is 7.05 Å². The van der Waals surface area contributed by atoms with E-state index < -0.39 is 10.0 Å². The topological polar surface area (TPSA) is 76.0 Å². The van der Waals surface area contributed by atoms with Gasteiger partial charge in [-0.2, -0.15) is 0 Å². The van der Waals surface area contributed by atoms with Crippen LogP contribution in [0.3, 0.4) is 0 Å². The van der Waals surface area contributed by atoms with Crippen LogP contribution in [0, 0.1) is 6.92 Å². The fourth-order valence-corrected chi connectivity index (χ4v) is 2.57. The summed E-state index contributed by atoms with van der Waals surface area (Å²) < 4.78 is 27.8. The van der Waals surface area contributed by atoms with Crippen LogP contribution in [0.25, 0.3) is 0 Å². The summed E-state index contributed by atoms with van der Waals surface area (Å²) in [4.78, 5) is 4.29. The third kappa shape index (κ3) is 3.00. The maximum absolute atomic E-state index is 11.8. The molecule has 0 unspecified atom stereocenters. The molecular weight excluding hydrogens is 276 g/mol. The fourth-order valence-electron chi connectivity index (χ4n) is 1.82. The second kappa shape index (κ2) is 5.64. The molecule has 2 rings (SSSR count). The summed E-state index contributed by atoms with van der Waals surface area (Å²) in [5, 5.41) is 3.24. The average molecular weight is 294 g/mol. The van der Waals surface area contributed by atoms with Gasteiger partial charge in [0.2, 0.25) is 10.0 Å². The van der Waals surface area contributed by atoms with Crippen molar-refractivity contribution in [1.29, 1.82) is 0 Å². The highest BCUT2D eigenvalue weighted by atomic mass is 32.2. The lowest BCUT2D eigenvalue weighted by molar-refractivity contribution is 0.588. The number of hydrogen-bond acceptors (Lipinski definition) is 4. The number of nitrogens with one attached hydrogen (secondary N) is 2. The van der Waals surface area contributed by atoms with Crippen LogP contribution in [-0.4, -0.2) is 25.0 Å². The van der Waals surface area contributed by atoms with Crippen molar-refractivity contribution in [2.75, 3.05) is 12.4 Å². The Kier molecular flexibility index (Phi) is 4.10. The molecule has 0 bridgehead atoms. The molecule has 0 saturated heterocycles. The summed E-state index contributed by atoms with van der Waals surface area (Å²) in [5.41, 5.74) is 2.80. The van der Waals surface area contributed by atoms with Crippen molar-refractivity contribution in [2.24, 2.45) is 7.05 Å². The van der Waals surface area contributed by atoms with Crippen LogP contribution >= 0.6 is 0 Å². The van der Waals surface area contributed by atoms with Gasteiger partial charge in [0, 0.05) is 18.9 Å². The lowest BCUT2D eigenvalue weighted by atomic mass is 10.2. The van der Waals surface area contributed by atoms with Crippen molar-refractivity contribution in [3.8, 4) is 0 Å². The number of aromatic nitrogens is 2. The summed E-state index contributed by atoms with van der Waals surface area (Å²) in [6.07, 6.45) is 3.50. The second-order valence-corrected chi connectivity index (χ2v) is 6.42. The maximum atomic E-state index is 11.8. The molecule has 0 aliphatic carbocycles. The summed E-state index contributed by atoms with van der Waals surface area (Å²) in [6.45, 7) is 2.52. The van der Waals surface area contributed by atoms with E-state index in [-0.39, 0.29) is 4.90 Å². The highest BCUT2D eigenvalue weighted by Crippen LogP contribution is 2.20. The number of anilines is 1. The normalized spacial score (nSPS) is 11.6. The van der Waals surface area contributed by atoms with Crippen molar-refractivity contribution >= 4 is 15.7 Å². The van der Waals surface area contributed by atoms with E-state index in [2.05, 4.69) is 15.0 Å². The molecule has 0 spiro atoms. The van der Waals surface area contributed by atoms with Gasteiger partial charge in [-0.3, -0.25) is 0 Å². The van der Waals surface area contributed by atoms with Crippen LogP contribution in [0.2, 0.25) is 0 Å². The quantitative estimate of drug-likeness (QED) is 0.870. The molecule has 2 aromatic rings. The molecule has 0 saturated carbocycles. The highest BCUT2D eigenvalue weighted by Gasteiger charge is 2.12. The first-order valence-electron chi connectivity index (χ1n) is 6.17. The number of aryl methyl sites for hydroxylation is 2. The van der Waals surface area contributed by atoms with Crippen molar-refractivity contribution in [2.45, 2.75) is 18.4 Å². The molecule has 0 aliphatic heterocycles. The monoisotopic (exact) mass is 294 g/mol. The maximum Gasteiger partial charge on any atom is 0.240 e. The number of rotatable bonds is 5. The second-order valence-electron chi connectivity index (χ2n) is 4.53. The zero-order chi connectivity index (χ0) is 14.8. The Labute approximate surface area is 118 Å². The lowest BCUT2D eigenvalue weighted by Crippen LogP contribution is -2.18. The van der Waals surface area contributed by atoms with Crippen LogP contribution in [0.15, 0.2) is 35.6 Å². The number of hydrogen-bond donors (Lipinski definition) is 2. The van der Waals surface area contributed by atoms with Crippen LogP contribution in [-0.2, 0) is 23.6 Å². The summed E-state index contributed by atoms with van der Waals surface area (Å²) in [5.74, 6) is 0. The predicted octanol–water partition coefficient (Wildman–Crippen LogP) is 1.25. The molecular formula is C13H18N4O2S. The van der Waals surface area contributed by atoms with Gasteiger partial charge in [-0.25, -0.2) is 18.1 Å². The average Bonchev–Trinajstić information content (AvgIpc) is 2.83. The molecule has 2 N–H and O–H groups in total. The van der Waals surface area contributed by atoms with Gasteiger partial charge in [-0.1, -0.05) is 6.07 Å². The Hall–Kier alpha value is -1.86. The van der Waals surface area contributed by atoms with Crippen molar-refractivity contribution < 1.29 is 8.42 Å². The number of nitrogens with zero attached hydrogens (tertiary/aromatic N) is 2. The fraction of sp³-hybridized carbons (Fsp3) is 0.308. The minimum Gasteiger partial charge on any atom is -0.379 e. The third-order valence-corrected chi connectivity index (χ3v) is 4.58. The van der Waals surface area contributed by atoms with Gasteiger partial charge < -0.3 is 9.88 Å². The van der Waals surface area contributed by atoms with E-state index in [1.807, 2.05) is 18.5 Å². The first-order valence-corrected chi connectivity index (χ1v) is 7.65. The number of benzene rings is 1. The largest absolute Gasteiger partial charge is 0.379 e. The lowest BCUT2D eigenvalue weighted by Gasteiger charge is -2.12. The first-order chi connectivity index (χ1) is 9.44. The SMILES string of the molecule is CNS(=O)(=O)c1ccc(C)c(NCc2cncn2C)c1. The zero-order valence-corrected chi connectivity index (χ0v) is 12.5. The van der Waals surface area contributed by atoms with Crippen molar-refractivity contribution in [1.82, 2.24) is 14.3 Å². The Bertz CT molecular complexity index is 707. The molecule has 1 aromatic heterocycles. The Balaban J connectivity index is 2.24. The third-order valence-electron chi connectivity index (χ3n) is 3.16. The predicted molar refractivity (Wildman–Crippen MR) is 78.0 cm³/mol. The van der Waals surface area contributed by atoms with Gasteiger partial charge in [0.05, 0.1) is 23.5 Å². The van der Waals surface area contributed by atoms with Crippen LogP contribution in [0.4, 0.5) is 5.69 Å².